The second-order valence-electron chi connectivity index (χ2n) is 3.50. The SMILES string of the molecule is CCC(CSC)N(C)c1nc[nH]c(=O)c1Br. The van der Waals surface area contributed by atoms with Crippen LogP contribution < -0.4 is 10.5 Å². The third kappa shape index (κ3) is 3.01. The molecular weight excluding hydrogens is 290 g/mol. The first-order valence-corrected chi connectivity index (χ1v) is 7.25. The lowest BCUT2D eigenvalue weighted by atomic mass is 10.2. The van der Waals surface area contributed by atoms with Gasteiger partial charge in [0.1, 0.15) is 10.3 Å². The number of thioether (sulfide) groups is 1. The molecule has 0 aliphatic rings. The van der Waals surface area contributed by atoms with Gasteiger partial charge in [0, 0.05) is 18.8 Å². The molecular formula is C10H16BrN3OS. The number of H-pyrrole nitrogens is 1. The topological polar surface area (TPSA) is 49.0 Å². The van der Waals surface area contributed by atoms with Gasteiger partial charge in [0.05, 0.1) is 6.33 Å². The van der Waals surface area contributed by atoms with E-state index in [1.807, 2.05) is 7.05 Å². The van der Waals surface area contributed by atoms with Gasteiger partial charge in [0.15, 0.2) is 0 Å². The molecule has 1 heterocycles. The molecule has 1 N–H and O–H groups in total. The van der Waals surface area contributed by atoms with Gasteiger partial charge < -0.3 is 9.88 Å². The molecule has 1 aromatic heterocycles. The van der Waals surface area contributed by atoms with Crippen molar-refractivity contribution in [1.82, 2.24) is 9.97 Å². The zero-order valence-corrected chi connectivity index (χ0v) is 12.1. The molecule has 0 aliphatic heterocycles. The molecule has 0 amide bonds. The van der Waals surface area contributed by atoms with Crippen molar-refractivity contribution in [2.24, 2.45) is 0 Å². The third-order valence-electron chi connectivity index (χ3n) is 2.49. The smallest absolute Gasteiger partial charge is 0.267 e. The summed E-state index contributed by atoms with van der Waals surface area (Å²) in [5.41, 5.74) is -0.143. The van der Waals surface area contributed by atoms with Crippen LogP contribution >= 0.6 is 27.7 Å². The fourth-order valence-corrected chi connectivity index (χ4v) is 2.83. The zero-order valence-electron chi connectivity index (χ0n) is 9.66. The Morgan fingerprint density at radius 1 is 1.69 bits per heavy atom. The van der Waals surface area contributed by atoms with Crippen molar-refractivity contribution >= 4 is 33.5 Å². The maximum atomic E-state index is 11.4. The highest BCUT2D eigenvalue weighted by atomic mass is 79.9. The van der Waals surface area contributed by atoms with Crippen LogP contribution in [0.2, 0.25) is 0 Å². The van der Waals surface area contributed by atoms with Gasteiger partial charge in [-0.05, 0) is 28.6 Å². The van der Waals surface area contributed by atoms with Crippen molar-refractivity contribution in [1.29, 1.82) is 0 Å². The number of nitrogens with zero attached hydrogens (tertiary/aromatic N) is 2. The molecule has 1 rings (SSSR count). The van der Waals surface area contributed by atoms with Gasteiger partial charge in [-0.3, -0.25) is 4.79 Å². The van der Waals surface area contributed by atoms with E-state index in [-0.39, 0.29) is 5.56 Å². The van der Waals surface area contributed by atoms with Crippen molar-refractivity contribution in [2.75, 3.05) is 24.0 Å². The predicted octanol–water partition coefficient (Wildman–Crippen LogP) is 2.11. The quantitative estimate of drug-likeness (QED) is 0.905. The van der Waals surface area contributed by atoms with Gasteiger partial charge in [-0.2, -0.15) is 11.8 Å². The minimum absolute atomic E-state index is 0.143. The van der Waals surface area contributed by atoms with Gasteiger partial charge in [0.2, 0.25) is 0 Å². The van der Waals surface area contributed by atoms with E-state index in [0.29, 0.717) is 16.3 Å². The lowest BCUT2D eigenvalue weighted by Crippen LogP contribution is -2.35. The fraction of sp³-hybridized carbons (Fsp3) is 0.600. The summed E-state index contributed by atoms with van der Waals surface area (Å²) in [6, 6.07) is 0.389. The molecule has 0 aromatic carbocycles. The first-order valence-electron chi connectivity index (χ1n) is 5.06. The summed E-state index contributed by atoms with van der Waals surface area (Å²) < 4.78 is 0.497. The van der Waals surface area contributed by atoms with E-state index in [1.165, 1.54) is 6.33 Å². The molecule has 1 aromatic rings. The maximum Gasteiger partial charge on any atom is 0.267 e. The van der Waals surface area contributed by atoms with Crippen molar-refractivity contribution in [3.63, 3.8) is 0 Å². The van der Waals surface area contributed by atoms with Gasteiger partial charge in [0.25, 0.3) is 5.56 Å². The number of rotatable bonds is 5. The molecule has 1 unspecified atom stereocenters. The molecule has 0 bridgehead atoms. The van der Waals surface area contributed by atoms with Gasteiger partial charge in [-0.1, -0.05) is 6.92 Å². The van der Waals surface area contributed by atoms with Crippen molar-refractivity contribution in [3.8, 4) is 0 Å². The average Bonchev–Trinajstić information content (AvgIpc) is 2.29. The second kappa shape index (κ2) is 6.30. The Hall–Kier alpha value is -0.490. The summed E-state index contributed by atoms with van der Waals surface area (Å²) in [5.74, 6) is 1.72. The van der Waals surface area contributed by atoms with E-state index < -0.39 is 0 Å². The van der Waals surface area contributed by atoms with Crippen LogP contribution in [0.15, 0.2) is 15.6 Å². The lowest BCUT2D eigenvalue weighted by molar-refractivity contribution is 0.663. The van der Waals surface area contributed by atoms with Crippen LogP contribution in [0.5, 0.6) is 0 Å². The van der Waals surface area contributed by atoms with E-state index in [4.69, 9.17) is 0 Å². The van der Waals surface area contributed by atoms with Crippen LogP contribution in [0.1, 0.15) is 13.3 Å². The number of halogens is 1. The molecule has 0 saturated carbocycles. The van der Waals surface area contributed by atoms with E-state index in [2.05, 4.69) is 44.0 Å². The van der Waals surface area contributed by atoms with Crippen LogP contribution in [-0.4, -0.2) is 35.1 Å². The number of anilines is 1. The van der Waals surface area contributed by atoms with Crippen molar-refractivity contribution in [2.45, 2.75) is 19.4 Å². The molecule has 4 nitrogen and oxygen atoms in total. The Labute approximate surface area is 108 Å². The summed E-state index contributed by atoms with van der Waals surface area (Å²) in [6.45, 7) is 2.14. The first kappa shape index (κ1) is 13.6. The van der Waals surface area contributed by atoms with Crippen LogP contribution in [-0.2, 0) is 0 Å². The number of hydrogen-bond acceptors (Lipinski definition) is 4. The minimum Gasteiger partial charge on any atom is -0.355 e. The Kier molecular flexibility index (Phi) is 5.34. The van der Waals surface area contributed by atoms with Gasteiger partial charge in [-0.15, -0.1) is 0 Å². The third-order valence-corrected chi connectivity index (χ3v) is 3.92. The Balaban J connectivity index is 2.98. The molecule has 6 heteroatoms. The number of aromatic amines is 1. The largest absolute Gasteiger partial charge is 0.355 e. The lowest BCUT2D eigenvalue weighted by Gasteiger charge is -2.28. The van der Waals surface area contributed by atoms with Crippen LogP contribution in [0, 0.1) is 0 Å². The summed E-state index contributed by atoms with van der Waals surface area (Å²) in [5, 5.41) is 0. The minimum atomic E-state index is -0.143. The molecule has 0 aliphatic carbocycles. The zero-order chi connectivity index (χ0) is 12.1. The highest BCUT2D eigenvalue weighted by Crippen LogP contribution is 2.21. The number of nitrogens with one attached hydrogen (secondary N) is 1. The van der Waals surface area contributed by atoms with Crippen molar-refractivity contribution < 1.29 is 0 Å². The standard InChI is InChI=1S/C10H16BrN3OS/c1-4-7(5-16-3)14(2)9-8(11)10(15)13-6-12-9/h6-7H,4-5H2,1-3H3,(H,12,13,15). The van der Waals surface area contributed by atoms with E-state index in [9.17, 15) is 4.79 Å². The maximum absolute atomic E-state index is 11.4. The molecule has 0 radical (unpaired) electrons. The Morgan fingerprint density at radius 2 is 2.38 bits per heavy atom. The second-order valence-corrected chi connectivity index (χ2v) is 5.20. The molecule has 90 valence electrons. The highest BCUT2D eigenvalue weighted by molar-refractivity contribution is 9.10. The van der Waals surface area contributed by atoms with E-state index in [1.54, 1.807) is 11.8 Å². The summed E-state index contributed by atoms with van der Waals surface area (Å²) in [6.07, 6.45) is 4.54. The normalized spacial score (nSPS) is 12.5. The van der Waals surface area contributed by atoms with Crippen molar-refractivity contribution in [3.05, 3.63) is 21.2 Å². The van der Waals surface area contributed by atoms with Crippen LogP contribution in [0.25, 0.3) is 0 Å². The molecule has 0 spiro atoms. The van der Waals surface area contributed by atoms with Gasteiger partial charge >= 0.3 is 0 Å². The van der Waals surface area contributed by atoms with Crippen LogP contribution in [0.4, 0.5) is 5.82 Å². The fourth-order valence-electron chi connectivity index (χ4n) is 1.49. The number of hydrogen-bond donors (Lipinski definition) is 1. The Morgan fingerprint density at radius 3 is 2.94 bits per heavy atom. The summed E-state index contributed by atoms with van der Waals surface area (Å²) in [7, 11) is 1.97. The summed E-state index contributed by atoms with van der Waals surface area (Å²) in [4.78, 5) is 20.2. The first-order chi connectivity index (χ1) is 7.61. The molecule has 1 atom stereocenters. The highest BCUT2D eigenvalue weighted by Gasteiger charge is 2.17. The van der Waals surface area contributed by atoms with Crippen LogP contribution in [0.3, 0.4) is 0 Å². The van der Waals surface area contributed by atoms with E-state index >= 15 is 0 Å². The Bertz CT molecular complexity index is 396. The van der Waals surface area contributed by atoms with E-state index in [0.717, 1.165) is 12.2 Å². The predicted molar refractivity (Wildman–Crippen MR) is 73.4 cm³/mol. The molecule has 0 fully saturated rings. The molecule has 0 saturated heterocycles. The van der Waals surface area contributed by atoms with Gasteiger partial charge in [-0.25, -0.2) is 4.98 Å². The summed E-state index contributed by atoms with van der Waals surface area (Å²) >= 11 is 5.07. The molecule has 16 heavy (non-hydrogen) atoms. The monoisotopic (exact) mass is 305 g/mol. The average molecular weight is 306 g/mol. The number of aromatic nitrogens is 2.